The van der Waals surface area contributed by atoms with E-state index < -0.39 is 0 Å². The van der Waals surface area contributed by atoms with Crippen LogP contribution in [0.1, 0.15) is 23.6 Å². The third kappa shape index (κ3) is 3.91. The highest BCUT2D eigenvalue weighted by Gasteiger charge is 2.44. The lowest BCUT2D eigenvalue weighted by molar-refractivity contribution is -0.129. The number of rotatable bonds is 4. The maximum Gasteiger partial charge on any atom is 0.244 e. The van der Waals surface area contributed by atoms with Gasteiger partial charge in [-0.1, -0.05) is 18.2 Å². The molecule has 1 aromatic carbocycles. The number of aromatic nitrogens is 1. The first-order valence-electron chi connectivity index (χ1n) is 7.37. The first kappa shape index (κ1) is 15.1. The van der Waals surface area contributed by atoms with Crippen LogP contribution in [0, 0.1) is 11.7 Å². The Hall–Kier alpha value is -2.76. The van der Waals surface area contributed by atoms with E-state index in [0.29, 0.717) is 12.1 Å². The molecule has 0 bridgehead atoms. The van der Waals surface area contributed by atoms with E-state index in [1.807, 2.05) is 0 Å². The number of nitrogens with one attached hydrogen (secondary N) is 2. The molecular weight excluding hydrogens is 297 g/mol. The first-order chi connectivity index (χ1) is 11.1. The molecule has 23 heavy (non-hydrogen) atoms. The second kappa shape index (κ2) is 6.56. The Morgan fingerprint density at radius 3 is 2.78 bits per heavy atom. The Labute approximate surface area is 132 Å². The van der Waals surface area contributed by atoms with Crippen molar-refractivity contribution in [3.8, 4) is 0 Å². The van der Waals surface area contributed by atoms with Crippen molar-refractivity contribution in [2.24, 2.45) is 5.92 Å². The van der Waals surface area contributed by atoms with Gasteiger partial charge in [0.1, 0.15) is 5.82 Å². The predicted molar refractivity (Wildman–Crippen MR) is 81.5 cm³/mol. The minimum Gasteiger partial charge on any atom is -0.273 e. The molecule has 2 amide bonds. The fourth-order valence-electron chi connectivity index (χ4n) is 2.53. The lowest BCUT2D eigenvalue weighted by Crippen LogP contribution is -2.43. The summed E-state index contributed by atoms with van der Waals surface area (Å²) < 4.78 is 13.2. The van der Waals surface area contributed by atoms with Crippen LogP contribution in [-0.2, 0) is 16.0 Å². The third-order valence-electron chi connectivity index (χ3n) is 3.80. The summed E-state index contributed by atoms with van der Waals surface area (Å²) in [7, 11) is 0. The zero-order valence-corrected chi connectivity index (χ0v) is 12.3. The van der Waals surface area contributed by atoms with Crippen molar-refractivity contribution in [1.82, 2.24) is 15.8 Å². The lowest BCUT2D eigenvalue weighted by atomic mass is 10.1. The zero-order valence-electron chi connectivity index (χ0n) is 12.3. The molecule has 1 aliphatic rings. The molecule has 2 N–H and O–H groups in total. The standard InChI is InChI=1S/C17H16FN3O2/c18-12-5-3-4-11(8-12)14-10-15(14)17(23)21-20-16(22)9-13-6-1-2-7-19-13/h1-8,14-15H,9-10H2,(H,20,22)(H,21,23)/t14-,15+/m1/s1. The van der Waals surface area contributed by atoms with E-state index in [2.05, 4.69) is 15.8 Å². The van der Waals surface area contributed by atoms with Gasteiger partial charge >= 0.3 is 0 Å². The van der Waals surface area contributed by atoms with E-state index in [1.165, 1.54) is 12.1 Å². The van der Waals surface area contributed by atoms with Gasteiger partial charge in [-0.05, 0) is 42.2 Å². The van der Waals surface area contributed by atoms with Crippen LogP contribution in [0.5, 0.6) is 0 Å². The van der Waals surface area contributed by atoms with E-state index in [4.69, 9.17) is 0 Å². The molecule has 0 spiro atoms. The molecule has 0 aliphatic heterocycles. The van der Waals surface area contributed by atoms with Crippen molar-refractivity contribution in [2.45, 2.75) is 18.8 Å². The highest BCUT2D eigenvalue weighted by Crippen LogP contribution is 2.47. The molecule has 1 aromatic heterocycles. The van der Waals surface area contributed by atoms with E-state index in [1.54, 1.807) is 36.5 Å². The second-order valence-electron chi connectivity index (χ2n) is 5.54. The van der Waals surface area contributed by atoms with Crippen molar-refractivity contribution in [3.63, 3.8) is 0 Å². The number of hydrogen-bond donors (Lipinski definition) is 2. The summed E-state index contributed by atoms with van der Waals surface area (Å²) in [6.45, 7) is 0. The number of hydrogen-bond acceptors (Lipinski definition) is 3. The molecule has 2 aromatic rings. The number of benzene rings is 1. The number of halogens is 1. The molecule has 5 nitrogen and oxygen atoms in total. The van der Waals surface area contributed by atoms with Gasteiger partial charge in [0, 0.05) is 17.8 Å². The van der Waals surface area contributed by atoms with E-state index in [-0.39, 0.29) is 35.9 Å². The van der Waals surface area contributed by atoms with Gasteiger partial charge in [-0.3, -0.25) is 25.4 Å². The molecule has 2 atom stereocenters. The van der Waals surface area contributed by atoms with Gasteiger partial charge in [-0.2, -0.15) is 0 Å². The van der Waals surface area contributed by atoms with Crippen LogP contribution in [0.15, 0.2) is 48.7 Å². The summed E-state index contributed by atoms with van der Waals surface area (Å²) in [5, 5.41) is 0. The van der Waals surface area contributed by atoms with Crippen molar-refractivity contribution in [2.75, 3.05) is 0 Å². The van der Waals surface area contributed by atoms with Crippen molar-refractivity contribution in [1.29, 1.82) is 0 Å². The summed E-state index contributed by atoms with van der Waals surface area (Å²) in [4.78, 5) is 27.8. The highest BCUT2D eigenvalue weighted by atomic mass is 19.1. The van der Waals surface area contributed by atoms with Gasteiger partial charge in [-0.15, -0.1) is 0 Å². The molecule has 3 rings (SSSR count). The van der Waals surface area contributed by atoms with E-state index in [0.717, 1.165) is 5.56 Å². The van der Waals surface area contributed by atoms with Crippen LogP contribution in [0.3, 0.4) is 0 Å². The van der Waals surface area contributed by atoms with Gasteiger partial charge in [0.05, 0.1) is 6.42 Å². The van der Waals surface area contributed by atoms with Gasteiger partial charge < -0.3 is 0 Å². The number of nitrogens with zero attached hydrogens (tertiary/aromatic N) is 1. The molecule has 0 saturated heterocycles. The Bertz CT molecular complexity index is 721. The maximum atomic E-state index is 13.2. The Kier molecular flexibility index (Phi) is 4.32. The average molecular weight is 313 g/mol. The average Bonchev–Trinajstić information content (AvgIpc) is 3.34. The van der Waals surface area contributed by atoms with Gasteiger partial charge in [-0.25, -0.2) is 4.39 Å². The fraction of sp³-hybridized carbons (Fsp3) is 0.235. The van der Waals surface area contributed by atoms with Crippen LogP contribution in [0.2, 0.25) is 0 Å². The Morgan fingerprint density at radius 1 is 1.17 bits per heavy atom. The molecule has 1 heterocycles. The molecule has 1 aliphatic carbocycles. The Balaban J connectivity index is 1.46. The monoisotopic (exact) mass is 313 g/mol. The normalized spacial score (nSPS) is 19.0. The SMILES string of the molecule is O=C(Cc1ccccn1)NNC(=O)[C@H]1C[C@@H]1c1cccc(F)c1. The van der Waals surface area contributed by atoms with Crippen LogP contribution >= 0.6 is 0 Å². The van der Waals surface area contributed by atoms with Crippen molar-refractivity contribution >= 4 is 11.8 Å². The van der Waals surface area contributed by atoms with E-state index in [9.17, 15) is 14.0 Å². The highest BCUT2D eigenvalue weighted by molar-refractivity contribution is 5.86. The number of amides is 2. The number of carbonyl (C=O) groups excluding carboxylic acids is 2. The Morgan fingerprint density at radius 2 is 2.04 bits per heavy atom. The number of hydrazine groups is 1. The zero-order chi connectivity index (χ0) is 16.2. The van der Waals surface area contributed by atoms with Crippen LogP contribution < -0.4 is 10.9 Å². The molecular formula is C17H16FN3O2. The van der Waals surface area contributed by atoms with E-state index >= 15 is 0 Å². The molecule has 118 valence electrons. The van der Waals surface area contributed by atoms with Gasteiger partial charge in [0.2, 0.25) is 11.8 Å². The quantitative estimate of drug-likeness (QED) is 0.844. The summed E-state index contributed by atoms with van der Waals surface area (Å²) in [5.41, 5.74) is 6.24. The summed E-state index contributed by atoms with van der Waals surface area (Å²) in [6.07, 6.45) is 2.36. The summed E-state index contributed by atoms with van der Waals surface area (Å²) in [5.74, 6) is -1.11. The minimum atomic E-state index is -0.333. The summed E-state index contributed by atoms with van der Waals surface area (Å²) in [6, 6.07) is 11.6. The smallest absolute Gasteiger partial charge is 0.244 e. The summed E-state index contributed by atoms with van der Waals surface area (Å²) >= 11 is 0. The maximum absolute atomic E-state index is 13.2. The topological polar surface area (TPSA) is 71.1 Å². The van der Waals surface area contributed by atoms with Crippen LogP contribution in [-0.4, -0.2) is 16.8 Å². The van der Waals surface area contributed by atoms with Crippen LogP contribution in [0.4, 0.5) is 4.39 Å². The second-order valence-corrected chi connectivity index (χ2v) is 5.54. The molecule has 6 heteroatoms. The van der Waals surface area contributed by atoms with Crippen molar-refractivity contribution in [3.05, 3.63) is 65.7 Å². The van der Waals surface area contributed by atoms with Crippen LogP contribution in [0.25, 0.3) is 0 Å². The van der Waals surface area contributed by atoms with Gasteiger partial charge in [0.15, 0.2) is 0 Å². The largest absolute Gasteiger partial charge is 0.273 e. The van der Waals surface area contributed by atoms with Crippen molar-refractivity contribution < 1.29 is 14.0 Å². The van der Waals surface area contributed by atoms with Gasteiger partial charge in [0.25, 0.3) is 0 Å². The molecule has 0 radical (unpaired) electrons. The molecule has 1 saturated carbocycles. The molecule has 0 unspecified atom stereocenters. The predicted octanol–water partition coefficient (Wildman–Crippen LogP) is 1.71. The lowest BCUT2D eigenvalue weighted by Gasteiger charge is -2.07. The fourth-order valence-corrected chi connectivity index (χ4v) is 2.53. The number of carbonyl (C=O) groups is 2. The minimum absolute atomic E-state index is 0.0124. The number of pyridine rings is 1. The first-order valence-corrected chi connectivity index (χ1v) is 7.37. The molecule has 1 fully saturated rings. The third-order valence-corrected chi connectivity index (χ3v) is 3.80.